The molecule has 1 heterocycles. The van der Waals surface area contributed by atoms with Gasteiger partial charge >= 0.3 is 5.97 Å². The highest BCUT2D eigenvalue weighted by Crippen LogP contribution is 2.20. The quantitative estimate of drug-likeness (QED) is 0.593. The number of ether oxygens (including phenoxy) is 1. The smallest absolute Gasteiger partial charge is 0.337 e. The second-order valence-corrected chi connectivity index (χ2v) is 6.26. The van der Waals surface area contributed by atoms with Crippen LogP contribution in [0.1, 0.15) is 42.6 Å². The van der Waals surface area contributed by atoms with Gasteiger partial charge in [-0.1, -0.05) is 35.9 Å². The van der Waals surface area contributed by atoms with Crippen LogP contribution in [0, 0.1) is 0 Å². The molecule has 4 nitrogen and oxygen atoms in total. The van der Waals surface area contributed by atoms with Gasteiger partial charge in [-0.3, -0.25) is 4.79 Å². The Balaban J connectivity index is 1.96. The van der Waals surface area contributed by atoms with Gasteiger partial charge in [0.15, 0.2) is 0 Å². The third-order valence-electron chi connectivity index (χ3n) is 4.15. The van der Waals surface area contributed by atoms with Gasteiger partial charge in [-0.2, -0.15) is 0 Å². The van der Waals surface area contributed by atoms with Crippen LogP contribution in [0.25, 0.3) is 0 Å². The molecule has 0 saturated carbocycles. The summed E-state index contributed by atoms with van der Waals surface area (Å²) < 4.78 is 4.70. The maximum absolute atomic E-state index is 12.1. The van der Waals surface area contributed by atoms with Gasteiger partial charge in [0, 0.05) is 13.0 Å². The Morgan fingerprint density at radius 1 is 1.29 bits per heavy atom. The van der Waals surface area contributed by atoms with E-state index in [2.05, 4.69) is 26.0 Å². The predicted octanol–water partition coefficient (Wildman–Crippen LogP) is 3.53. The Bertz CT molecular complexity index is 639. The molecule has 0 aliphatic carbocycles. The summed E-state index contributed by atoms with van der Waals surface area (Å²) in [5.41, 5.74) is 2.89. The third-order valence-corrected chi connectivity index (χ3v) is 4.15. The summed E-state index contributed by atoms with van der Waals surface area (Å²) in [6.07, 6.45) is 8.49. The molecule has 1 atom stereocenters. The third kappa shape index (κ3) is 4.82. The number of amides is 1. The molecule has 1 fully saturated rings. The van der Waals surface area contributed by atoms with E-state index in [0.717, 1.165) is 18.4 Å². The second-order valence-electron chi connectivity index (χ2n) is 6.26. The van der Waals surface area contributed by atoms with Crippen LogP contribution in [0.4, 0.5) is 0 Å². The van der Waals surface area contributed by atoms with Gasteiger partial charge in [-0.05, 0) is 44.4 Å². The van der Waals surface area contributed by atoms with E-state index in [-0.39, 0.29) is 17.9 Å². The van der Waals surface area contributed by atoms with E-state index in [1.54, 1.807) is 12.1 Å². The summed E-state index contributed by atoms with van der Waals surface area (Å²) in [4.78, 5) is 25.5. The Labute approximate surface area is 143 Å². The fourth-order valence-corrected chi connectivity index (χ4v) is 2.80. The zero-order valence-corrected chi connectivity index (χ0v) is 14.6. The van der Waals surface area contributed by atoms with Crippen LogP contribution in [0.5, 0.6) is 0 Å². The molecule has 0 N–H and O–H groups in total. The lowest BCUT2D eigenvalue weighted by Crippen LogP contribution is -2.33. The first-order valence-electron chi connectivity index (χ1n) is 8.29. The minimum Gasteiger partial charge on any atom is -0.465 e. The van der Waals surface area contributed by atoms with Crippen molar-refractivity contribution in [3.8, 4) is 0 Å². The number of likely N-dealkylation sites (tertiary alicyclic amines) is 1. The maximum Gasteiger partial charge on any atom is 0.337 e. The van der Waals surface area contributed by atoms with Gasteiger partial charge in [0.05, 0.1) is 18.7 Å². The molecular weight excluding hydrogens is 302 g/mol. The van der Waals surface area contributed by atoms with E-state index in [1.807, 2.05) is 23.1 Å². The van der Waals surface area contributed by atoms with Crippen LogP contribution in [-0.4, -0.2) is 36.5 Å². The van der Waals surface area contributed by atoms with Crippen LogP contribution in [-0.2, 0) is 16.0 Å². The number of hydrogen-bond acceptors (Lipinski definition) is 3. The van der Waals surface area contributed by atoms with Gasteiger partial charge in [0.1, 0.15) is 0 Å². The summed E-state index contributed by atoms with van der Waals surface area (Å²) in [6.45, 7) is 4.81. The number of esters is 1. The second kappa shape index (κ2) is 8.48. The van der Waals surface area contributed by atoms with Crippen molar-refractivity contribution in [1.29, 1.82) is 0 Å². The molecule has 1 unspecified atom stereocenters. The lowest BCUT2D eigenvalue weighted by molar-refractivity contribution is -0.128. The molecule has 1 aromatic carbocycles. The average molecular weight is 327 g/mol. The van der Waals surface area contributed by atoms with E-state index >= 15 is 0 Å². The lowest BCUT2D eigenvalue weighted by atomic mass is 10.1. The molecule has 4 heteroatoms. The fourth-order valence-electron chi connectivity index (χ4n) is 2.80. The molecule has 0 aromatic heterocycles. The van der Waals surface area contributed by atoms with Crippen LogP contribution < -0.4 is 0 Å². The Hall–Kier alpha value is -2.36. The largest absolute Gasteiger partial charge is 0.465 e. The monoisotopic (exact) mass is 327 g/mol. The van der Waals surface area contributed by atoms with Gasteiger partial charge in [-0.15, -0.1) is 0 Å². The topological polar surface area (TPSA) is 46.6 Å². The van der Waals surface area contributed by atoms with Crippen LogP contribution in [0.2, 0.25) is 0 Å². The minimum absolute atomic E-state index is 0.183. The molecule has 1 aliphatic heterocycles. The van der Waals surface area contributed by atoms with Crippen molar-refractivity contribution in [3.05, 3.63) is 59.2 Å². The number of nitrogens with zero attached hydrogens (tertiary/aromatic N) is 1. The maximum atomic E-state index is 12.1. The Kier molecular flexibility index (Phi) is 6.36. The van der Waals surface area contributed by atoms with Gasteiger partial charge in [-0.25, -0.2) is 4.79 Å². The molecule has 1 amide bonds. The fraction of sp³-hybridized carbons (Fsp3) is 0.400. The average Bonchev–Trinajstić information content (AvgIpc) is 2.92. The molecule has 1 aromatic rings. The first-order valence-corrected chi connectivity index (χ1v) is 8.29. The lowest BCUT2D eigenvalue weighted by Gasteiger charge is -2.22. The molecule has 1 saturated heterocycles. The van der Waals surface area contributed by atoms with Crippen molar-refractivity contribution in [2.75, 3.05) is 13.7 Å². The van der Waals surface area contributed by atoms with Gasteiger partial charge in [0.2, 0.25) is 5.91 Å². The number of carbonyl (C=O) groups excluding carboxylic acids is 2. The van der Waals surface area contributed by atoms with E-state index in [4.69, 9.17) is 4.74 Å². The molecule has 0 radical (unpaired) electrons. The van der Waals surface area contributed by atoms with Crippen molar-refractivity contribution in [2.45, 2.75) is 39.2 Å². The summed E-state index contributed by atoms with van der Waals surface area (Å²) in [7, 11) is 1.37. The molecule has 0 spiro atoms. The minimum atomic E-state index is -0.333. The summed E-state index contributed by atoms with van der Waals surface area (Å²) in [5.74, 6) is -0.117. The number of hydrogen-bond donors (Lipinski definition) is 0. The Morgan fingerprint density at radius 3 is 2.62 bits per heavy atom. The van der Waals surface area contributed by atoms with Crippen molar-refractivity contribution in [1.82, 2.24) is 4.90 Å². The molecule has 1 aliphatic rings. The van der Waals surface area contributed by atoms with E-state index in [0.29, 0.717) is 18.5 Å². The molecule has 128 valence electrons. The number of carbonyl (C=O) groups is 2. The summed E-state index contributed by atoms with van der Waals surface area (Å²) >= 11 is 0. The number of rotatable bonds is 6. The highest BCUT2D eigenvalue weighted by Gasteiger charge is 2.28. The first-order chi connectivity index (χ1) is 11.5. The highest BCUT2D eigenvalue weighted by atomic mass is 16.5. The zero-order valence-electron chi connectivity index (χ0n) is 14.6. The van der Waals surface area contributed by atoms with E-state index in [9.17, 15) is 9.59 Å². The van der Waals surface area contributed by atoms with Crippen molar-refractivity contribution >= 4 is 11.9 Å². The Morgan fingerprint density at radius 2 is 2.00 bits per heavy atom. The van der Waals surface area contributed by atoms with Crippen LogP contribution in [0.3, 0.4) is 0 Å². The van der Waals surface area contributed by atoms with E-state index in [1.165, 1.54) is 12.7 Å². The normalized spacial score (nSPS) is 17.4. The van der Waals surface area contributed by atoms with Crippen molar-refractivity contribution in [2.24, 2.45) is 0 Å². The van der Waals surface area contributed by atoms with Crippen molar-refractivity contribution in [3.63, 3.8) is 0 Å². The standard InChI is InChI=1S/C20H25NO3/c1-15(2)5-4-6-18-11-12-19(22)21(18)14-13-16-7-9-17(10-8-16)20(23)24-3/h4-10,18H,11-14H2,1-3H3. The SMILES string of the molecule is COC(=O)c1ccc(CCN2C(=O)CCC2C=CC=C(C)C)cc1. The van der Waals surface area contributed by atoms with Crippen LogP contribution in [0.15, 0.2) is 48.1 Å². The number of methoxy groups -OCH3 is 1. The number of allylic oxidation sites excluding steroid dienone is 3. The van der Waals surface area contributed by atoms with Crippen molar-refractivity contribution < 1.29 is 14.3 Å². The van der Waals surface area contributed by atoms with Crippen LogP contribution >= 0.6 is 0 Å². The molecule has 24 heavy (non-hydrogen) atoms. The summed E-state index contributed by atoms with van der Waals surface area (Å²) in [6, 6.07) is 7.54. The highest BCUT2D eigenvalue weighted by molar-refractivity contribution is 5.89. The molecular formula is C20H25NO3. The van der Waals surface area contributed by atoms with E-state index < -0.39 is 0 Å². The predicted molar refractivity (Wildman–Crippen MR) is 94.8 cm³/mol. The number of benzene rings is 1. The first kappa shape index (κ1) is 18.0. The molecule has 2 rings (SSSR count). The van der Waals surface area contributed by atoms with Gasteiger partial charge < -0.3 is 9.64 Å². The van der Waals surface area contributed by atoms with Gasteiger partial charge in [0.25, 0.3) is 0 Å². The summed E-state index contributed by atoms with van der Waals surface area (Å²) in [5, 5.41) is 0. The zero-order chi connectivity index (χ0) is 17.5. The molecule has 0 bridgehead atoms.